The van der Waals surface area contributed by atoms with Crippen LogP contribution in [-0.4, -0.2) is 46.8 Å². The van der Waals surface area contributed by atoms with Crippen LogP contribution in [0.2, 0.25) is 0 Å². The Balaban J connectivity index is 0.00000163. The summed E-state index contributed by atoms with van der Waals surface area (Å²) in [5.74, 6) is -9.04. The number of hydrogen-bond acceptors (Lipinski definition) is 5. The average Bonchev–Trinajstić information content (AvgIpc) is 2.54. The number of halogens is 7. The number of alkyl halides is 3. The van der Waals surface area contributed by atoms with Crippen molar-refractivity contribution in [3.8, 4) is 0 Å². The molecule has 1 aliphatic heterocycles. The van der Waals surface area contributed by atoms with Gasteiger partial charge in [-0.2, -0.15) is 13.2 Å². The second-order valence-corrected chi connectivity index (χ2v) is 5.03. The van der Waals surface area contributed by atoms with Gasteiger partial charge in [0.15, 0.2) is 23.3 Å². The fourth-order valence-corrected chi connectivity index (χ4v) is 2.21. The van der Waals surface area contributed by atoms with Crippen molar-refractivity contribution >= 4 is 5.90 Å². The highest BCUT2D eigenvalue weighted by Crippen LogP contribution is 2.32. The highest BCUT2D eigenvalue weighted by atomic mass is 19.4. The standard InChI is InChI=1S/C13H10F7NO3.CH4O/c14-5-3-6(15)11(17)9(10(5)16)7(22)1-4-2-8(23)24-12(21-4)13(18,19)20;1-2/h3-4,7-8,22-23H,1-2H2;2H,1H3. The maximum atomic E-state index is 13.6. The molecule has 148 valence electrons. The zero-order valence-corrected chi connectivity index (χ0v) is 13.1. The zero-order valence-electron chi connectivity index (χ0n) is 13.1. The van der Waals surface area contributed by atoms with Crippen molar-refractivity contribution in [2.75, 3.05) is 7.11 Å². The Labute approximate surface area is 142 Å². The van der Waals surface area contributed by atoms with Crippen LogP contribution in [-0.2, 0) is 4.74 Å². The number of ether oxygens (including phenoxy) is 1. The van der Waals surface area contributed by atoms with Gasteiger partial charge in [-0.25, -0.2) is 22.6 Å². The number of aliphatic hydroxyl groups is 3. The van der Waals surface area contributed by atoms with Gasteiger partial charge < -0.3 is 20.1 Å². The van der Waals surface area contributed by atoms with Crippen LogP contribution in [0.5, 0.6) is 0 Å². The van der Waals surface area contributed by atoms with E-state index < -0.39 is 72.2 Å². The van der Waals surface area contributed by atoms with Gasteiger partial charge in [0, 0.05) is 26.0 Å². The molecule has 0 radical (unpaired) electrons. The van der Waals surface area contributed by atoms with Crippen LogP contribution in [0.1, 0.15) is 24.5 Å². The summed E-state index contributed by atoms with van der Waals surface area (Å²) in [6.45, 7) is 0. The highest BCUT2D eigenvalue weighted by molar-refractivity contribution is 5.82. The maximum absolute atomic E-state index is 13.6. The van der Waals surface area contributed by atoms with E-state index in [-0.39, 0.29) is 6.07 Å². The Morgan fingerprint density at radius 2 is 1.65 bits per heavy atom. The van der Waals surface area contributed by atoms with Crippen molar-refractivity contribution in [3.05, 3.63) is 34.9 Å². The first kappa shape index (κ1) is 22.1. The molecule has 12 heteroatoms. The van der Waals surface area contributed by atoms with Crippen molar-refractivity contribution in [2.45, 2.75) is 37.5 Å². The van der Waals surface area contributed by atoms with Gasteiger partial charge in [-0.1, -0.05) is 0 Å². The lowest BCUT2D eigenvalue weighted by Gasteiger charge is -2.27. The van der Waals surface area contributed by atoms with Crippen molar-refractivity contribution in [1.82, 2.24) is 0 Å². The summed E-state index contributed by atoms with van der Waals surface area (Å²) in [6, 6.07) is -1.51. The first-order valence-corrected chi connectivity index (χ1v) is 6.96. The largest absolute Gasteiger partial charge is 0.468 e. The Morgan fingerprint density at radius 1 is 1.15 bits per heavy atom. The first-order valence-electron chi connectivity index (χ1n) is 6.96. The van der Waals surface area contributed by atoms with Gasteiger partial charge in [0.1, 0.15) is 0 Å². The molecule has 5 nitrogen and oxygen atoms in total. The van der Waals surface area contributed by atoms with Crippen molar-refractivity contribution in [3.63, 3.8) is 0 Å². The summed E-state index contributed by atoms with van der Waals surface area (Å²) in [7, 11) is 1.00. The first-order chi connectivity index (χ1) is 12.0. The Hall–Kier alpha value is -1.92. The van der Waals surface area contributed by atoms with E-state index in [2.05, 4.69) is 9.73 Å². The van der Waals surface area contributed by atoms with E-state index in [4.69, 9.17) is 5.11 Å². The lowest BCUT2D eigenvalue weighted by Crippen LogP contribution is -2.38. The monoisotopic (exact) mass is 393 g/mol. The fourth-order valence-electron chi connectivity index (χ4n) is 2.21. The number of aliphatic hydroxyl groups excluding tert-OH is 3. The minimum Gasteiger partial charge on any atom is -0.445 e. The fraction of sp³-hybridized carbons (Fsp3) is 0.500. The van der Waals surface area contributed by atoms with Crippen LogP contribution in [0.15, 0.2) is 11.1 Å². The molecule has 0 saturated heterocycles. The molecule has 0 saturated carbocycles. The number of benzene rings is 1. The summed E-state index contributed by atoms with van der Waals surface area (Å²) in [4.78, 5) is 3.09. The molecule has 0 spiro atoms. The van der Waals surface area contributed by atoms with Crippen molar-refractivity contribution in [1.29, 1.82) is 0 Å². The van der Waals surface area contributed by atoms with E-state index in [1.807, 2.05) is 0 Å². The summed E-state index contributed by atoms with van der Waals surface area (Å²) in [6.07, 6.45) is -10.5. The van der Waals surface area contributed by atoms with Crippen LogP contribution in [0.25, 0.3) is 0 Å². The average molecular weight is 393 g/mol. The smallest absolute Gasteiger partial charge is 0.445 e. The summed E-state index contributed by atoms with van der Waals surface area (Å²) < 4.78 is 95.0. The third-order valence-electron chi connectivity index (χ3n) is 3.24. The van der Waals surface area contributed by atoms with Crippen LogP contribution < -0.4 is 0 Å². The van der Waals surface area contributed by atoms with Gasteiger partial charge in [-0.15, -0.1) is 0 Å². The summed E-state index contributed by atoms with van der Waals surface area (Å²) in [5.41, 5.74) is -1.36. The van der Waals surface area contributed by atoms with E-state index in [1.165, 1.54) is 0 Å². The molecular weight excluding hydrogens is 379 g/mol. The molecule has 3 unspecified atom stereocenters. The molecule has 3 atom stereocenters. The van der Waals surface area contributed by atoms with Crippen LogP contribution in [0, 0.1) is 23.3 Å². The lowest BCUT2D eigenvalue weighted by molar-refractivity contribution is -0.121. The predicted octanol–water partition coefficient (Wildman–Crippen LogP) is 2.34. The van der Waals surface area contributed by atoms with Gasteiger partial charge in [-0.3, -0.25) is 0 Å². The normalized spacial score (nSPS) is 21.3. The topological polar surface area (TPSA) is 82.3 Å². The summed E-state index contributed by atoms with van der Waals surface area (Å²) >= 11 is 0. The van der Waals surface area contributed by atoms with Gasteiger partial charge in [0.05, 0.1) is 17.7 Å². The van der Waals surface area contributed by atoms with Crippen LogP contribution >= 0.6 is 0 Å². The molecule has 0 aliphatic carbocycles. The molecular formula is C14H14F7NO4. The van der Waals surface area contributed by atoms with Crippen LogP contribution in [0.4, 0.5) is 30.7 Å². The SMILES string of the molecule is CO.OC1CC(CC(O)c2c(F)c(F)cc(F)c2F)N=C(C(F)(F)F)O1. The van der Waals surface area contributed by atoms with E-state index in [9.17, 15) is 40.9 Å². The Morgan fingerprint density at radius 3 is 2.12 bits per heavy atom. The minimum absolute atomic E-state index is 0.0704. The second kappa shape index (κ2) is 8.64. The molecule has 1 aliphatic rings. The molecule has 0 aromatic heterocycles. The molecule has 1 heterocycles. The molecule has 0 bridgehead atoms. The van der Waals surface area contributed by atoms with Crippen LogP contribution in [0.3, 0.4) is 0 Å². The molecule has 0 fully saturated rings. The highest BCUT2D eigenvalue weighted by Gasteiger charge is 2.43. The van der Waals surface area contributed by atoms with Crippen molar-refractivity contribution < 1.29 is 50.8 Å². The molecule has 0 amide bonds. The Bertz CT molecular complexity index is 639. The zero-order chi connectivity index (χ0) is 20.2. The number of nitrogens with zero attached hydrogens (tertiary/aromatic N) is 1. The quantitative estimate of drug-likeness (QED) is 0.544. The number of aliphatic imine (C=N–C) groups is 1. The predicted molar refractivity (Wildman–Crippen MR) is 73.0 cm³/mol. The Kier molecular flexibility index (Phi) is 7.35. The summed E-state index contributed by atoms with van der Waals surface area (Å²) in [5, 5.41) is 26.0. The van der Waals surface area contributed by atoms with Gasteiger partial charge >= 0.3 is 6.18 Å². The lowest BCUT2D eigenvalue weighted by atomic mass is 9.98. The molecule has 1 aromatic rings. The van der Waals surface area contributed by atoms with Crippen molar-refractivity contribution in [2.24, 2.45) is 4.99 Å². The second-order valence-electron chi connectivity index (χ2n) is 5.03. The van der Waals surface area contributed by atoms with E-state index >= 15 is 0 Å². The van der Waals surface area contributed by atoms with E-state index in [1.54, 1.807) is 0 Å². The molecule has 2 rings (SSSR count). The van der Waals surface area contributed by atoms with Gasteiger partial charge in [-0.05, 0) is 0 Å². The molecule has 3 N–H and O–H groups in total. The maximum Gasteiger partial charge on any atom is 0.468 e. The van der Waals surface area contributed by atoms with Gasteiger partial charge in [0.2, 0.25) is 6.29 Å². The third kappa shape index (κ3) is 5.05. The van der Waals surface area contributed by atoms with E-state index in [0.717, 1.165) is 7.11 Å². The van der Waals surface area contributed by atoms with Gasteiger partial charge in [0.25, 0.3) is 5.90 Å². The molecule has 26 heavy (non-hydrogen) atoms. The number of rotatable bonds is 3. The van der Waals surface area contributed by atoms with E-state index in [0.29, 0.717) is 0 Å². The molecule has 1 aromatic carbocycles. The number of hydrogen-bond donors (Lipinski definition) is 3. The third-order valence-corrected chi connectivity index (χ3v) is 3.24. The minimum atomic E-state index is -5.02.